The van der Waals surface area contributed by atoms with Crippen LogP contribution in [0.4, 0.5) is 5.69 Å². The van der Waals surface area contributed by atoms with Crippen LogP contribution in [0, 0.1) is 0 Å². The molecule has 3 aromatic rings. The summed E-state index contributed by atoms with van der Waals surface area (Å²) in [6, 6.07) is 13.7. The Morgan fingerprint density at radius 1 is 0.968 bits per heavy atom. The molecule has 0 aliphatic carbocycles. The van der Waals surface area contributed by atoms with Gasteiger partial charge in [0.05, 0.1) is 11.4 Å². The quantitative estimate of drug-likeness (QED) is 0.363. The maximum Gasteiger partial charge on any atom is 0.351 e. The van der Waals surface area contributed by atoms with Crippen LogP contribution in [-0.2, 0) is 0 Å². The van der Waals surface area contributed by atoms with E-state index in [4.69, 9.17) is 20.8 Å². The van der Waals surface area contributed by atoms with E-state index in [0.29, 0.717) is 22.2 Å². The summed E-state index contributed by atoms with van der Waals surface area (Å²) in [6.07, 6.45) is 0.286. The van der Waals surface area contributed by atoms with Crippen molar-refractivity contribution in [2.24, 2.45) is 4.99 Å². The molecule has 7 nitrogen and oxygen atoms in total. The van der Waals surface area contributed by atoms with Gasteiger partial charge >= 0.3 is 5.63 Å². The molecule has 31 heavy (non-hydrogen) atoms. The minimum absolute atomic E-state index is 0.0158. The molecule has 0 saturated heterocycles. The van der Waals surface area contributed by atoms with Crippen LogP contribution >= 0.6 is 11.6 Å². The van der Waals surface area contributed by atoms with Crippen molar-refractivity contribution in [3.63, 3.8) is 0 Å². The number of ketones is 1. The van der Waals surface area contributed by atoms with Crippen molar-refractivity contribution in [3.8, 4) is 23.2 Å². The normalized spacial score (nSPS) is 11.4. The van der Waals surface area contributed by atoms with E-state index in [0.717, 1.165) is 0 Å². The van der Waals surface area contributed by atoms with Gasteiger partial charge in [-0.25, -0.2) is 4.79 Å². The van der Waals surface area contributed by atoms with E-state index in [2.05, 4.69) is 4.99 Å². The van der Waals surface area contributed by atoms with Crippen LogP contribution in [0.5, 0.6) is 23.2 Å². The molecular formula is C23H20ClNO6. The van der Waals surface area contributed by atoms with Gasteiger partial charge in [-0.2, -0.15) is 0 Å². The molecule has 1 aromatic heterocycles. The number of rotatable bonds is 7. The largest absolute Gasteiger partial charge is 0.506 e. The van der Waals surface area contributed by atoms with Crippen LogP contribution in [0.2, 0.25) is 5.02 Å². The Morgan fingerprint density at radius 3 is 2.10 bits per heavy atom. The summed E-state index contributed by atoms with van der Waals surface area (Å²) in [5, 5.41) is 20.9. The maximum absolute atomic E-state index is 12.3. The molecule has 0 spiro atoms. The highest BCUT2D eigenvalue weighted by atomic mass is 35.5. The molecule has 0 saturated carbocycles. The predicted molar refractivity (Wildman–Crippen MR) is 117 cm³/mol. The van der Waals surface area contributed by atoms with Crippen molar-refractivity contribution in [1.29, 1.82) is 0 Å². The number of Topliss-reactive ketones (excluding diaryl/α,β-unsaturated/α-hetero) is 1. The Kier molecular flexibility index (Phi) is 6.77. The minimum atomic E-state index is -0.981. The first-order valence-corrected chi connectivity index (χ1v) is 9.95. The molecule has 2 N–H and O–H groups in total. The van der Waals surface area contributed by atoms with E-state index in [1.807, 2.05) is 0 Å². The summed E-state index contributed by atoms with van der Waals surface area (Å²) in [5.41, 5.74) is -0.951. The lowest BCUT2D eigenvalue weighted by Gasteiger charge is -2.10. The zero-order valence-electron chi connectivity index (χ0n) is 16.9. The number of halogens is 1. The summed E-state index contributed by atoms with van der Waals surface area (Å²) >= 11 is 5.86. The van der Waals surface area contributed by atoms with Gasteiger partial charge in [0.2, 0.25) is 0 Å². The Bertz CT molecular complexity index is 1180. The van der Waals surface area contributed by atoms with E-state index >= 15 is 0 Å². The Labute approximate surface area is 183 Å². The monoisotopic (exact) mass is 441 g/mol. The van der Waals surface area contributed by atoms with Crippen molar-refractivity contribution < 1.29 is 24.2 Å². The van der Waals surface area contributed by atoms with Gasteiger partial charge in [-0.05, 0) is 55.0 Å². The fourth-order valence-electron chi connectivity index (χ4n) is 2.89. The summed E-state index contributed by atoms with van der Waals surface area (Å²) in [7, 11) is 0. The number of hydrogen-bond acceptors (Lipinski definition) is 7. The average Bonchev–Trinajstić information content (AvgIpc) is 2.75. The van der Waals surface area contributed by atoms with Gasteiger partial charge in [-0.3, -0.25) is 9.79 Å². The molecule has 0 fully saturated rings. The Hall–Kier alpha value is -3.58. The van der Waals surface area contributed by atoms with Gasteiger partial charge in [-0.1, -0.05) is 25.4 Å². The number of carbonyl (C=O) groups is 1. The third kappa shape index (κ3) is 4.95. The molecule has 160 valence electrons. The molecule has 0 aliphatic heterocycles. The maximum atomic E-state index is 12.3. The highest BCUT2D eigenvalue weighted by molar-refractivity contribution is 6.30. The zero-order chi connectivity index (χ0) is 22.5. The summed E-state index contributed by atoms with van der Waals surface area (Å²) < 4.78 is 10.5. The van der Waals surface area contributed by atoms with Gasteiger partial charge in [0.1, 0.15) is 28.4 Å². The SMILES string of the molecule is CCC(=O)c1c(O)oc(=O)c(C(CC)=Nc2ccc(Oc3ccc(Cl)cc3)cc2)c1O. The van der Waals surface area contributed by atoms with Crippen molar-refractivity contribution in [3.05, 3.63) is 75.1 Å². The van der Waals surface area contributed by atoms with Crippen molar-refractivity contribution >= 4 is 28.8 Å². The number of aliphatic imine (C=N–C) groups is 1. The first-order chi connectivity index (χ1) is 14.8. The van der Waals surface area contributed by atoms with Crippen LogP contribution in [0.3, 0.4) is 0 Å². The molecule has 1 heterocycles. The van der Waals surface area contributed by atoms with Crippen molar-refractivity contribution in [2.75, 3.05) is 0 Å². The fourth-order valence-corrected chi connectivity index (χ4v) is 3.02. The lowest BCUT2D eigenvalue weighted by Crippen LogP contribution is -2.17. The number of hydrogen-bond donors (Lipinski definition) is 2. The first-order valence-electron chi connectivity index (χ1n) is 9.57. The Morgan fingerprint density at radius 2 is 1.55 bits per heavy atom. The van der Waals surface area contributed by atoms with Crippen LogP contribution in [0.1, 0.15) is 42.6 Å². The van der Waals surface area contributed by atoms with Gasteiger partial charge in [0.15, 0.2) is 5.78 Å². The Balaban J connectivity index is 1.94. The number of ether oxygens (including phenoxy) is 1. The van der Waals surface area contributed by atoms with E-state index < -0.39 is 28.7 Å². The van der Waals surface area contributed by atoms with Gasteiger partial charge in [0.25, 0.3) is 5.95 Å². The molecule has 0 bridgehead atoms. The van der Waals surface area contributed by atoms with E-state index in [9.17, 15) is 19.8 Å². The number of carbonyl (C=O) groups excluding carboxylic acids is 1. The zero-order valence-corrected chi connectivity index (χ0v) is 17.6. The number of benzene rings is 2. The molecular weight excluding hydrogens is 422 g/mol. The molecule has 0 aliphatic rings. The second-order valence-electron chi connectivity index (χ2n) is 6.53. The standard InChI is InChI=1S/C23H20ClNO6/c1-3-17(19-21(27)20(18(26)4-2)23(29)31-22(19)28)25-14-7-11-16(12-8-14)30-15-9-5-13(24)6-10-15/h5-12,27,29H,3-4H2,1-2H3. The second kappa shape index (κ2) is 9.49. The van der Waals surface area contributed by atoms with Crippen LogP contribution in [-0.4, -0.2) is 21.7 Å². The van der Waals surface area contributed by atoms with E-state index in [1.165, 1.54) is 0 Å². The molecule has 8 heteroatoms. The predicted octanol–water partition coefficient (Wildman–Crippen LogP) is 5.62. The lowest BCUT2D eigenvalue weighted by atomic mass is 10.0. The number of aromatic hydroxyl groups is 2. The van der Waals surface area contributed by atoms with Crippen molar-refractivity contribution in [1.82, 2.24) is 0 Å². The third-order valence-electron chi connectivity index (χ3n) is 4.45. The third-order valence-corrected chi connectivity index (χ3v) is 4.71. The summed E-state index contributed by atoms with van der Waals surface area (Å²) in [5.74, 6) is -0.905. The first kappa shape index (κ1) is 22.1. The van der Waals surface area contributed by atoms with E-state index in [-0.39, 0.29) is 24.1 Å². The molecule has 3 rings (SSSR count). The number of nitrogens with zero attached hydrogens (tertiary/aromatic N) is 1. The van der Waals surface area contributed by atoms with E-state index in [1.54, 1.807) is 62.4 Å². The highest BCUT2D eigenvalue weighted by Gasteiger charge is 2.26. The highest BCUT2D eigenvalue weighted by Crippen LogP contribution is 2.31. The van der Waals surface area contributed by atoms with Crippen LogP contribution in [0.25, 0.3) is 0 Å². The van der Waals surface area contributed by atoms with Gasteiger partial charge < -0.3 is 19.4 Å². The smallest absolute Gasteiger partial charge is 0.351 e. The molecule has 2 aromatic carbocycles. The topological polar surface area (TPSA) is 109 Å². The molecule has 0 atom stereocenters. The lowest BCUT2D eigenvalue weighted by molar-refractivity contribution is 0.0976. The van der Waals surface area contributed by atoms with Crippen LogP contribution < -0.4 is 10.4 Å². The van der Waals surface area contributed by atoms with Crippen molar-refractivity contribution in [2.45, 2.75) is 26.7 Å². The van der Waals surface area contributed by atoms with Gasteiger partial charge in [-0.15, -0.1) is 0 Å². The molecule has 0 radical (unpaired) electrons. The fraction of sp³-hybridized carbons (Fsp3) is 0.174. The summed E-state index contributed by atoms with van der Waals surface area (Å²) in [4.78, 5) is 28.8. The minimum Gasteiger partial charge on any atom is -0.506 e. The summed E-state index contributed by atoms with van der Waals surface area (Å²) in [6.45, 7) is 3.30. The molecule has 0 amide bonds. The van der Waals surface area contributed by atoms with Crippen LogP contribution in [0.15, 0.2) is 62.7 Å². The van der Waals surface area contributed by atoms with Gasteiger partial charge in [0, 0.05) is 11.4 Å². The second-order valence-corrected chi connectivity index (χ2v) is 6.97. The average molecular weight is 442 g/mol. The molecule has 0 unspecified atom stereocenters.